The molecule has 0 unspecified atom stereocenters. The van der Waals surface area contributed by atoms with Gasteiger partial charge in [0.15, 0.2) is 5.65 Å². The minimum absolute atomic E-state index is 0.00983. The van der Waals surface area contributed by atoms with Gasteiger partial charge < -0.3 is 5.32 Å². The zero-order valence-electron chi connectivity index (χ0n) is 15.3. The number of nitrogens with one attached hydrogen (secondary N) is 2. The Bertz CT molecular complexity index is 1260. The molecule has 0 saturated carbocycles. The summed E-state index contributed by atoms with van der Waals surface area (Å²) in [5, 5.41) is 6.70. The highest BCUT2D eigenvalue weighted by molar-refractivity contribution is 7.89. The van der Waals surface area contributed by atoms with Gasteiger partial charge in [-0.25, -0.2) is 27.0 Å². The monoisotopic (exact) mass is 419 g/mol. The number of anilines is 1. The van der Waals surface area contributed by atoms with E-state index in [9.17, 15) is 22.4 Å². The normalized spacial score (nSPS) is 14.0. The Labute approximate surface area is 165 Å². The average Bonchev–Trinajstić information content (AvgIpc) is 3.00. The maximum atomic E-state index is 14.3. The number of halogens is 1. The van der Waals surface area contributed by atoms with Crippen molar-refractivity contribution in [3.8, 4) is 0 Å². The van der Waals surface area contributed by atoms with E-state index in [0.29, 0.717) is 29.7 Å². The fourth-order valence-electron chi connectivity index (χ4n) is 3.21. The van der Waals surface area contributed by atoms with Gasteiger partial charge in [0.05, 0.1) is 0 Å². The number of benzene rings is 1. The van der Waals surface area contributed by atoms with Crippen molar-refractivity contribution < 1.29 is 17.6 Å². The number of carbonyl (C=O) groups is 1. The number of hydrogen-bond donors (Lipinski definition) is 2. The Hall–Kier alpha value is -3.05. The molecular weight excluding hydrogens is 401 g/mol. The van der Waals surface area contributed by atoms with E-state index in [1.165, 1.54) is 15.1 Å². The molecule has 1 aliphatic rings. The molecule has 0 bridgehead atoms. The molecule has 4 rings (SSSR count). The van der Waals surface area contributed by atoms with Crippen LogP contribution in [0.5, 0.6) is 0 Å². The van der Waals surface area contributed by atoms with Gasteiger partial charge in [0.2, 0.25) is 15.9 Å². The maximum absolute atomic E-state index is 14.3. The summed E-state index contributed by atoms with van der Waals surface area (Å²) in [5.74, 6) is -1.16. The summed E-state index contributed by atoms with van der Waals surface area (Å²) in [5.41, 5.74) is 1.05. The molecule has 0 atom stereocenters. The number of fused-ring (bicyclic) bond motifs is 2. The first-order chi connectivity index (χ1) is 13.8. The van der Waals surface area contributed by atoms with Crippen molar-refractivity contribution in [1.82, 2.24) is 18.9 Å². The molecule has 1 amide bonds. The third kappa shape index (κ3) is 3.78. The van der Waals surface area contributed by atoms with Crippen LogP contribution in [0, 0.1) is 5.82 Å². The van der Waals surface area contributed by atoms with E-state index in [4.69, 9.17) is 0 Å². The van der Waals surface area contributed by atoms with Crippen LogP contribution in [0.4, 0.5) is 10.1 Å². The van der Waals surface area contributed by atoms with Gasteiger partial charge in [0.1, 0.15) is 10.7 Å². The first-order valence-electron chi connectivity index (χ1n) is 9.01. The second-order valence-corrected chi connectivity index (χ2v) is 8.41. The van der Waals surface area contributed by atoms with Gasteiger partial charge in [-0.1, -0.05) is 6.07 Å². The summed E-state index contributed by atoms with van der Waals surface area (Å²) in [6.07, 6.45) is 2.47. The molecular formula is C18H18FN5O4S. The molecule has 0 fully saturated rings. The van der Waals surface area contributed by atoms with E-state index in [1.54, 1.807) is 24.4 Å². The topological polar surface area (TPSA) is 115 Å². The lowest BCUT2D eigenvalue weighted by Gasteiger charge is -2.18. The summed E-state index contributed by atoms with van der Waals surface area (Å²) in [7, 11) is -4.08. The Kier molecular flexibility index (Phi) is 4.92. The van der Waals surface area contributed by atoms with Gasteiger partial charge in [-0.05, 0) is 42.7 Å². The summed E-state index contributed by atoms with van der Waals surface area (Å²) >= 11 is 0. The first kappa shape index (κ1) is 19.3. The number of sulfonamides is 1. The number of aromatic nitrogens is 3. The zero-order valence-corrected chi connectivity index (χ0v) is 16.1. The van der Waals surface area contributed by atoms with Crippen LogP contribution < -0.4 is 15.7 Å². The molecule has 152 valence electrons. The van der Waals surface area contributed by atoms with Crippen molar-refractivity contribution in [2.45, 2.75) is 30.7 Å². The van der Waals surface area contributed by atoms with Crippen LogP contribution in [0.3, 0.4) is 0 Å². The molecule has 0 aliphatic carbocycles. The Morgan fingerprint density at radius 2 is 2.03 bits per heavy atom. The van der Waals surface area contributed by atoms with Gasteiger partial charge in [-0.15, -0.1) is 5.10 Å². The van der Waals surface area contributed by atoms with Gasteiger partial charge in [-0.3, -0.25) is 9.20 Å². The molecule has 0 saturated heterocycles. The number of pyridine rings is 1. The molecule has 0 spiro atoms. The Balaban J connectivity index is 1.43. The highest BCUT2D eigenvalue weighted by atomic mass is 32.2. The quantitative estimate of drug-likeness (QED) is 0.576. The predicted molar refractivity (Wildman–Crippen MR) is 103 cm³/mol. The van der Waals surface area contributed by atoms with Crippen molar-refractivity contribution in [3.05, 3.63) is 58.4 Å². The van der Waals surface area contributed by atoms with Gasteiger partial charge in [0, 0.05) is 31.4 Å². The molecule has 29 heavy (non-hydrogen) atoms. The van der Waals surface area contributed by atoms with Crippen molar-refractivity contribution in [2.24, 2.45) is 0 Å². The van der Waals surface area contributed by atoms with Crippen LogP contribution in [-0.4, -0.2) is 35.1 Å². The summed E-state index contributed by atoms with van der Waals surface area (Å²) in [6.45, 7) is 0.220. The molecule has 1 aliphatic heterocycles. The van der Waals surface area contributed by atoms with E-state index < -0.39 is 20.7 Å². The number of hydrogen-bond acceptors (Lipinski definition) is 5. The number of nitrogens with zero attached hydrogens (tertiary/aromatic N) is 3. The lowest BCUT2D eigenvalue weighted by atomic mass is 10.0. The highest BCUT2D eigenvalue weighted by Gasteiger charge is 2.24. The number of aryl methyl sites for hydroxylation is 2. The fourth-order valence-corrected chi connectivity index (χ4v) is 4.39. The lowest BCUT2D eigenvalue weighted by Crippen LogP contribution is -2.29. The van der Waals surface area contributed by atoms with Gasteiger partial charge >= 0.3 is 5.69 Å². The number of amides is 1. The van der Waals surface area contributed by atoms with Crippen LogP contribution in [0.1, 0.15) is 18.4 Å². The van der Waals surface area contributed by atoms with Crippen molar-refractivity contribution in [1.29, 1.82) is 0 Å². The SMILES string of the molecule is O=C1CCc2cc(S(=O)(=O)NCCCn3nc4ccccn4c3=O)c(F)cc2N1. The summed E-state index contributed by atoms with van der Waals surface area (Å²) < 4.78 is 44.3. The smallest absolute Gasteiger partial charge is 0.326 e. The second-order valence-electron chi connectivity index (χ2n) is 6.67. The van der Waals surface area contributed by atoms with Crippen LogP contribution in [0.25, 0.3) is 5.65 Å². The van der Waals surface area contributed by atoms with E-state index in [2.05, 4.69) is 15.1 Å². The predicted octanol–water partition coefficient (Wildman–Crippen LogP) is 0.888. The maximum Gasteiger partial charge on any atom is 0.350 e. The van der Waals surface area contributed by atoms with Crippen molar-refractivity contribution in [3.63, 3.8) is 0 Å². The van der Waals surface area contributed by atoms with Gasteiger partial charge in [0.25, 0.3) is 0 Å². The van der Waals surface area contributed by atoms with Gasteiger partial charge in [-0.2, -0.15) is 0 Å². The largest absolute Gasteiger partial charge is 0.350 e. The standard InChI is InChI=1S/C18H18FN5O4S/c19-13-11-14-12(5-6-17(25)21-14)10-15(13)29(27,28)20-7-3-9-24-18(26)23-8-2-1-4-16(23)22-24/h1-2,4,8,10-11,20H,3,5-7,9H2,(H,21,25). The van der Waals surface area contributed by atoms with Crippen LogP contribution >= 0.6 is 0 Å². The second kappa shape index (κ2) is 7.41. The molecule has 3 aromatic rings. The molecule has 11 heteroatoms. The molecule has 2 N–H and O–H groups in total. The summed E-state index contributed by atoms with van der Waals surface area (Å²) in [6, 6.07) is 7.45. The van der Waals surface area contributed by atoms with E-state index >= 15 is 0 Å². The molecule has 9 nitrogen and oxygen atoms in total. The molecule has 3 heterocycles. The molecule has 2 aromatic heterocycles. The lowest BCUT2D eigenvalue weighted by molar-refractivity contribution is -0.116. The van der Waals surface area contributed by atoms with E-state index in [0.717, 1.165) is 6.07 Å². The molecule has 1 aromatic carbocycles. The number of rotatable bonds is 6. The third-order valence-electron chi connectivity index (χ3n) is 4.67. The first-order valence-corrected chi connectivity index (χ1v) is 10.5. The van der Waals surface area contributed by atoms with E-state index in [-0.39, 0.29) is 31.1 Å². The zero-order chi connectivity index (χ0) is 20.6. The van der Waals surface area contributed by atoms with Crippen LogP contribution in [-0.2, 0) is 27.8 Å². The fraction of sp³-hybridized carbons (Fsp3) is 0.278. The molecule has 0 radical (unpaired) electrons. The minimum Gasteiger partial charge on any atom is -0.326 e. The minimum atomic E-state index is -4.08. The highest BCUT2D eigenvalue weighted by Crippen LogP contribution is 2.28. The van der Waals surface area contributed by atoms with Crippen molar-refractivity contribution >= 4 is 27.3 Å². The van der Waals surface area contributed by atoms with Crippen LogP contribution in [0.15, 0.2) is 46.2 Å². The third-order valence-corrected chi connectivity index (χ3v) is 6.15. The van der Waals surface area contributed by atoms with Crippen LogP contribution in [0.2, 0.25) is 0 Å². The Morgan fingerprint density at radius 1 is 1.21 bits per heavy atom. The van der Waals surface area contributed by atoms with Crippen molar-refractivity contribution in [2.75, 3.05) is 11.9 Å². The Morgan fingerprint density at radius 3 is 2.83 bits per heavy atom. The average molecular weight is 419 g/mol. The number of carbonyl (C=O) groups excluding carboxylic acids is 1. The summed E-state index contributed by atoms with van der Waals surface area (Å²) in [4.78, 5) is 23.1. The van der Waals surface area contributed by atoms with E-state index in [1.807, 2.05) is 0 Å².